The first-order chi connectivity index (χ1) is 12.0. The third-order valence-electron chi connectivity index (χ3n) is 2.95. The average molecular weight is 367 g/mol. The number of hydrazone groups is 1. The van der Waals surface area contributed by atoms with Crippen molar-refractivity contribution in [3.63, 3.8) is 0 Å². The average Bonchev–Trinajstić information content (AvgIpc) is 2.58. The number of phenolic OH excluding ortho intramolecular Hbond substituents is 1. The van der Waals surface area contributed by atoms with Crippen molar-refractivity contribution in [1.82, 2.24) is 5.43 Å². The molecule has 0 saturated heterocycles. The molecule has 6 nitrogen and oxygen atoms in total. The van der Waals surface area contributed by atoms with Crippen LogP contribution in [0.2, 0.25) is 5.02 Å². The van der Waals surface area contributed by atoms with E-state index in [-0.39, 0.29) is 22.3 Å². The van der Waals surface area contributed by atoms with Crippen molar-refractivity contribution in [3.8, 4) is 17.2 Å². The molecule has 0 aliphatic carbocycles. The van der Waals surface area contributed by atoms with E-state index in [1.807, 2.05) is 0 Å². The van der Waals surface area contributed by atoms with Gasteiger partial charge in [0.2, 0.25) is 0 Å². The molecular weight excluding hydrogens is 351 g/mol. The Morgan fingerprint density at radius 3 is 2.80 bits per heavy atom. The summed E-state index contributed by atoms with van der Waals surface area (Å²) in [6.07, 6.45) is 1.33. The van der Waals surface area contributed by atoms with Crippen molar-refractivity contribution in [2.24, 2.45) is 5.10 Å². The van der Waals surface area contributed by atoms with Crippen LogP contribution in [0.4, 0.5) is 4.39 Å². The number of hydrogen-bond donors (Lipinski definition) is 2. The molecule has 0 bridgehead atoms. The normalized spacial score (nSPS) is 10.7. The number of carbonyl (C=O) groups is 1. The van der Waals surface area contributed by atoms with Gasteiger partial charge >= 0.3 is 0 Å². The molecule has 0 aliphatic heterocycles. The second-order valence-corrected chi connectivity index (χ2v) is 5.20. The van der Waals surface area contributed by atoms with Crippen molar-refractivity contribution >= 4 is 23.7 Å². The summed E-state index contributed by atoms with van der Waals surface area (Å²) in [6.45, 7) is 1.73. The Bertz CT molecular complexity index is 783. The molecule has 2 rings (SSSR count). The molecule has 0 aromatic heterocycles. The van der Waals surface area contributed by atoms with Gasteiger partial charge in [-0.2, -0.15) is 5.10 Å². The lowest BCUT2D eigenvalue weighted by Gasteiger charge is -2.08. The lowest BCUT2D eigenvalue weighted by atomic mass is 10.2. The number of nitrogens with zero attached hydrogens (tertiary/aromatic N) is 1. The summed E-state index contributed by atoms with van der Waals surface area (Å²) < 4.78 is 23.7. The van der Waals surface area contributed by atoms with Gasteiger partial charge in [-0.1, -0.05) is 23.7 Å². The van der Waals surface area contributed by atoms with E-state index in [0.717, 1.165) is 0 Å². The van der Waals surface area contributed by atoms with Gasteiger partial charge in [-0.05, 0) is 36.8 Å². The van der Waals surface area contributed by atoms with Gasteiger partial charge in [0.1, 0.15) is 0 Å². The number of para-hydroxylation sites is 1. The number of halogens is 2. The fourth-order valence-electron chi connectivity index (χ4n) is 1.85. The molecule has 0 spiro atoms. The number of benzene rings is 2. The number of nitrogens with one attached hydrogen (secondary N) is 1. The highest BCUT2D eigenvalue weighted by Crippen LogP contribution is 2.34. The highest BCUT2D eigenvalue weighted by atomic mass is 35.5. The first-order valence-corrected chi connectivity index (χ1v) is 7.73. The summed E-state index contributed by atoms with van der Waals surface area (Å²) in [6, 6.07) is 8.75. The number of hydrogen-bond acceptors (Lipinski definition) is 5. The van der Waals surface area contributed by atoms with Gasteiger partial charge in [0.05, 0.1) is 17.8 Å². The summed E-state index contributed by atoms with van der Waals surface area (Å²) in [7, 11) is 0. The minimum atomic E-state index is -0.561. The van der Waals surface area contributed by atoms with E-state index in [9.17, 15) is 14.3 Å². The molecule has 0 unspecified atom stereocenters. The molecule has 0 radical (unpaired) electrons. The van der Waals surface area contributed by atoms with E-state index >= 15 is 0 Å². The number of amides is 1. The van der Waals surface area contributed by atoms with Gasteiger partial charge in [0.25, 0.3) is 5.91 Å². The molecular formula is C17H16ClFN2O4. The quantitative estimate of drug-likeness (QED) is 0.583. The second kappa shape index (κ2) is 8.89. The van der Waals surface area contributed by atoms with Crippen LogP contribution in [0, 0.1) is 5.82 Å². The van der Waals surface area contributed by atoms with Crippen LogP contribution in [0.1, 0.15) is 12.5 Å². The Labute approximate surface area is 148 Å². The first-order valence-electron chi connectivity index (χ1n) is 7.35. The maximum Gasteiger partial charge on any atom is 0.277 e. The Kier molecular flexibility index (Phi) is 6.59. The van der Waals surface area contributed by atoms with Crippen LogP contribution in [-0.4, -0.2) is 30.4 Å². The molecule has 0 atom stereocenters. The Balaban J connectivity index is 1.92. The van der Waals surface area contributed by atoms with E-state index < -0.39 is 18.3 Å². The van der Waals surface area contributed by atoms with E-state index in [0.29, 0.717) is 12.2 Å². The zero-order valence-electron chi connectivity index (χ0n) is 13.3. The zero-order chi connectivity index (χ0) is 18.2. The van der Waals surface area contributed by atoms with Crippen LogP contribution < -0.4 is 14.9 Å². The standard InChI is InChI=1S/C17H16ClFN2O4/c1-2-24-15-8-11(7-12(18)17(15)23)9-20-21-16(22)10-25-14-6-4-3-5-13(14)19/h3-9,23H,2,10H2,1H3,(H,21,22)/b20-9+. The van der Waals surface area contributed by atoms with Crippen LogP contribution in [0.15, 0.2) is 41.5 Å². The molecule has 2 aromatic carbocycles. The molecule has 8 heteroatoms. The Morgan fingerprint density at radius 2 is 2.08 bits per heavy atom. The number of rotatable bonds is 7. The second-order valence-electron chi connectivity index (χ2n) is 4.79. The SMILES string of the molecule is CCOc1cc(/C=N/NC(=O)COc2ccccc2F)cc(Cl)c1O. The van der Waals surface area contributed by atoms with Crippen LogP contribution in [0.3, 0.4) is 0 Å². The number of carbonyl (C=O) groups excluding carboxylic acids is 1. The van der Waals surface area contributed by atoms with Crippen molar-refractivity contribution in [1.29, 1.82) is 0 Å². The molecule has 25 heavy (non-hydrogen) atoms. The van der Waals surface area contributed by atoms with Crippen molar-refractivity contribution in [3.05, 3.63) is 52.8 Å². The van der Waals surface area contributed by atoms with Crippen molar-refractivity contribution in [2.45, 2.75) is 6.92 Å². The fraction of sp³-hybridized carbons (Fsp3) is 0.176. The van der Waals surface area contributed by atoms with Gasteiger partial charge in [-0.15, -0.1) is 0 Å². The van der Waals surface area contributed by atoms with Gasteiger partial charge in [0, 0.05) is 0 Å². The summed E-state index contributed by atoms with van der Waals surface area (Å²) in [5, 5.41) is 13.6. The van der Waals surface area contributed by atoms with Gasteiger partial charge in [0.15, 0.2) is 29.7 Å². The van der Waals surface area contributed by atoms with Crippen LogP contribution >= 0.6 is 11.6 Å². The first kappa shape index (κ1) is 18.5. The topological polar surface area (TPSA) is 80.2 Å². The minimum absolute atomic E-state index is 0.0201. The summed E-state index contributed by atoms with van der Waals surface area (Å²) in [4.78, 5) is 11.6. The molecule has 0 fully saturated rings. The predicted octanol–water partition coefficient (Wildman–Crippen LogP) is 3.11. The maximum absolute atomic E-state index is 13.4. The maximum atomic E-state index is 13.4. The highest BCUT2D eigenvalue weighted by Gasteiger charge is 2.09. The van der Waals surface area contributed by atoms with Gasteiger partial charge in [-0.3, -0.25) is 4.79 Å². The highest BCUT2D eigenvalue weighted by molar-refractivity contribution is 6.32. The Hall–Kier alpha value is -2.80. The van der Waals surface area contributed by atoms with Gasteiger partial charge < -0.3 is 14.6 Å². The van der Waals surface area contributed by atoms with Crippen molar-refractivity contribution < 1.29 is 23.8 Å². The number of ether oxygens (including phenoxy) is 2. The lowest BCUT2D eigenvalue weighted by molar-refractivity contribution is -0.123. The molecule has 2 N–H and O–H groups in total. The third-order valence-corrected chi connectivity index (χ3v) is 3.24. The molecule has 0 saturated carbocycles. The van der Waals surface area contributed by atoms with Crippen LogP contribution in [0.5, 0.6) is 17.2 Å². The molecule has 1 amide bonds. The molecule has 0 heterocycles. The van der Waals surface area contributed by atoms with Crippen LogP contribution in [-0.2, 0) is 4.79 Å². The molecule has 0 aliphatic rings. The van der Waals surface area contributed by atoms with Gasteiger partial charge in [-0.25, -0.2) is 9.82 Å². The lowest BCUT2D eigenvalue weighted by Crippen LogP contribution is -2.24. The number of phenols is 1. The smallest absolute Gasteiger partial charge is 0.277 e. The van der Waals surface area contributed by atoms with Crippen molar-refractivity contribution in [2.75, 3.05) is 13.2 Å². The minimum Gasteiger partial charge on any atom is -0.503 e. The largest absolute Gasteiger partial charge is 0.503 e. The number of aromatic hydroxyl groups is 1. The fourth-order valence-corrected chi connectivity index (χ4v) is 2.07. The third kappa shape index (κ3) is 5.36. The molecule has 2 aromatic rings. The van der Waals surface area contributed by atoms with E-state index in [4.69, 9.17) is 21.1 Å². The zero-order valence-corrected chi connectivity index (χ0v) is 14.1. The summed E-state index contributed by atoms with van der Waals surface area (Å²) in [5.74, 6) is -1.09. The summed E-state index contributed by atoms with van der Waals surface area (Å²) in [5.41, 5.74) is 2.76. The van der Waals surface area contributed by atoms with E-state index in [2.05, 4.69) is 10.5 Å². The predicted molar refractivity (Wildman–Crippen MR) is 91.9 cm³/mol. The monoisotopic (exact) mass is 366 g/mol. The molecule has 132 valence electrons. The van der Waals surface area contributed by atoms with E-state index in [1.54, 1.807) is 13.0 Å². The van der Waals surface area contributed by atoms with E-state index in [1.165, 1.54) is 36.5 Å². The Morgan fingerprint density at radius 1 is 1.32 bits per heavy atom. The van der Waals surface area contributed by atoms with Crippen LogP contribution in [0.25, 0.3) is 0 Å². The summed E-state index contributed by atoms with van der Waals surface area (Å²) >= 11 is 5.89.